The Bertz CT molecular complexity index is 902. The van der Waals surface area contributed by atoms with Crippen molar-refractivity contribution in [2.45, 2.75) is 49.6 Å². The molecule has 1 N–H and O–H groups in total. The van der Waals surface area contributed by atoms with Gasteiger partial charge in [0.2, 0.25) is 5.16 Å². The lowest BCUT2D eigenvalue weighted by Gasteiger charge is -2.16. The normalized spacial score (nSPS) is 11.9. The Balaban J connectivity index is 1.79. The first kappa shape index (κ1) is 21.9. The molecule has 0 bridgehead atoms. The van der Waals surface area contributed by atoms with Crippen molar-refractivity contribution in [3.8, 4) is 24.7 Å². The summed E-state index contributed by atoms with van der Waals surface area (Å²) in [5.41, 5.74) is -0.0925. The summed E-state index contributed by atoms with van der Waals surface area (Å²) < 4.78 is 3.71. The summed E-state index contributed by atoms with van der Waals surface area (Å²) in [6, 6.07) is 0. The molecule has 6 nitrogen and oxygen atoms in total. The van der Waals surface area contributed by atoms with Gasteiger partial charge in [0, 0.05) is 11.2 Å². The quantitative estimate of drug-likeness (QED) is 0.296. The van der Waals surface area contributed by atoms with Crippen LogP contribution in [0.4, 0.5) is 0 Å². The Morgan fingerprint density at radius 1 is 1.21 bits per heavy atom. The van der Waals surface area contributed by atoms with E-state index >= 15 is 0 Å². The molecule has 8 heteroatoms. The molecular formula is C20H25N6S2+. The molecule has 2 aromatic heterocycles. The van der Waals surface area contributed by atoms with E-state index in [2.05, 4.69) is 58.9 Å². The van der Waals surface area contributed by atoms with Gasteiger partial charge in [0.05, 0.1) is 5.75 Å². The molecular weight excluding hydrogens is 388 g/mol. The molecule has 2 aromatic rings. The second kappa shape index (κ2) is 10.8. The first-order valence-corrected chi connectivity index (χ1v) is 10.7. The highest BCUT2D eigenvalue weighted by atomic mass is 32.2. The summed E-state index contributed by atoms with van der Waals surface area (Å²) in [7, 11) is 0. The fourth-order valence-electron chi connectivity index (χ4n) is 2.22. The van der Waals surface area contributed by atoms with Crippen LogP contribution in [-0.4, -0.2) is 36.4 Å². The number of hydrogen-bond acceptors (Lipinski definition) is 5. The van der Waals surface area contributed by atoms with Crippen LogP contribution in [0.1, 0.15) is 26.6 Å². The van der Waals surface area contributed by atoms with Gasteiger partial charge in [-0.05, 0) is 22.8 Å². The number of thioether (sulfide) groups is 2. The topological polar surface area (TPSA) is 63.3 Å². The fraction of sp³-hybridized carbons (Fsp3) is 0.400. The van der Waals surface area contributed by atoms with Crippen molar-refractivity contribution >= 4 is 23.5 Å². The van der Waals surface area contributed by atoms with Crippen molar-refractivity contribution in [1.29, 1.82) is 0 Å². The van der Waals surface area contributed by atoms with Crippen LogP contribution >= 0.6 is 23.5 Å². The van der Waals surface area contributed by atoms with Gasteiger partial charge in [-0.3, -0.25) is 0 Å². The molecule has 0 aliphatic heterocycles. The maximum atomic E-state index is 5.43. The molecule has 0 amide bonds. The highest BCUT2D eigenvalue weighted by Crippen LogP contribution is 2.23. The van der Waals surface area contributed by atoms with E-state index < -0.39 is 0 Å². The van der Waals surface area contributed by atoms with Crippen LogP contribution in [0.3, 0.4) is 0 Å². The van der Waals surface area contributed by atoms with Gasteiger partial charge in [0.15, 0.2) is 0 Å². The van der Waals surface area contributed by atoms with Gasteiger partial charge in [0.25, 0.3) is 0 Å². The number of H-pyrrole nitrogens is 1. The summed E-state index contributed by atoms with van der Waals surface area (Å²) in [6.07, 6.45) is 20.6. The molecule has 0 spiro atoms. The summed E-state index contributed by atoms with van der Waals surface area (Å²) in [6.45, 7) is 7.48. The highest BCUT2D eigenvalue weighted by molar-refractivity contribution is 7.99. The van der Waals surface area contributed by atoms with E-state index in [1.807, 2.05) is 27.6 Å². The minimum atomic E-state index is -0.0925. The largest absolute Gasteiger partial charge is 0.311 e. The van der Waals surface area contributed by atoms with E-state index in [1.54, 1.807) is 18.1 Å². The first-order valence-electron chi connectivity index (χ1n) is 8.78. The van der Waals surface area contributed by atoms with Crippen LogP contribution < -0.4 is 4.68 Å². The van der Waals surface area contributed by atoms with Crippen LogP contribution in [0.5, 0.6) is 0 Å². The monoisotopic (exact) mass is 413 g/mol. The van der Waals surface area contributed by atoms with Crippen LogP contribution in [0.25, 0.3) is 0 Å². The molecule has 0 aliphatic rings. The zero-order valence-electron chi connectivity index (χ0n) is 16.4. The van der Waals surface area contributed by atoms with E-state index in [0.717, 1.165) is 21.9 Å². The third-order valence-corrected chi connectivity index (χ3v) is 4.98. The van der Waals surface area contributed by atoms with Crippen molar-refractivity contribution in [3.05, 3.63) is 36.5 Å². The van der Waals surface area contributed by atoms with Crippen molar-refractivity contribution in [2.75, 3.05) is 11.5 Å². The SMILES string of the molecule is C#CCSc1nc[n+](CC=CC=CCSc2nc(C(C)(C)C)n(CC#C)n2)[nH]1. The Hall–Kier alpha value is -2.42. The number of aromatic amines is 1. The van der Waals surface area contributed by atoms with Gasteiger partial charge in [-0.25, -0.2) is 9.67 Å². The molecule has 0 fully saturated rings. The van der Waals surface area contributed by atoms with E-state index in [4.69, 9.17) is 12.8 Å². The van der Waals surface area contributed by atoms with Gasteiger partial charge < -0.3 is 0 Å². The van der Waals surface area contributed by atoms with Gasteiger partial charge in [-0.2, -0.15) is 9.78 Å². The standard InChI is InChI=1S/C20H24N6S2/c1-6-12-26-17(20(3,4)5)22-19(24-26)28-15-11-9-8-10-13-25-16-21-18(23-25)27-14-7-2/h1-2,8-11,16H,12-15H2,3-5H3/p+1. The first-order chi connectivity index (χ1) is 13.4. The Kier molecular flexibility index (Phi) is 8.43. The fourth-order valence-corrected chi connectivity index (χ4v) is 3.41. The van der Waals surface area contributed by atoms with Crippen molar-refractivity contribution in [1.82, 2.24) is 24.8 Å². The smallest absolute Gasteiger partial charge is 0.236 e. The van der Waals surface area contributed by atoms with E-state index in [0.29, 0.717) is 18.8 Å². The van der Waals surface area contributed by atoms with Crippen LogP contribution in [0.15, 0.2) is 40.9 Å². The Labute approximate surface area is 175 Å². The molecule has 0 saturated carbocycles. The Morgan fingerprint density at radius 3 is 2.71 bits per heavy atom. The van der Waals surface area contributed by atoms with E-state index in [1.165, 1.54) is 11.8 Å². The lowest BCUT2D eigenvalue weighted by atomic mass is 9.96. The summed E-state index contributed by atoms with van der Waals surface area (Å²) in [5, 5.41) is 9.24. The molecule has 0 unspecified atom stereocenters. The predicted octanol–water partition coefficient (Wildman–Crippen LogP) is 2.85. The molecule has 0 atom stereocenters. The number of hydrogen-bond donors (Lipinski definition) is 1. The maximum Gasteiger partial charge on any atom is 0.311 e. The second-order valence-corrected chi connectivity index (χ2v) is 8.75. The van der Waals surface area contributed by atoms with Gasteiger partial charge in [-0.1, -0.05) is 62.6 Å². The average Bonchev–Trinajstić information content (AvgIpc) is 3.26. The van der Waals surface area contributed by atoms with Crippen LogP contribution in [0.2, 0.25) is 0 Å². The van der Waals surface area contributed by atoms with E-state index in [9.17, 15) is 0 Å². The zero-order valence-corrected chi connectivity index (χ0v) is 18.1. The molecule has 2 heterocycles. The van der Waals surface area contributed by atoms with Crippen LogP contribution in [-0.2, 0) is 18.5 Å². The van der Waals surface area contributed by atoms with Gasteiger partial charge in [-0.15, -0.1) is 17.9 Å². The molecule has 0 saturated heterocycles. The molecule has 0 aromatic carbocycles. The molecule has 0 radical (unpaired) electrons. The third-order valence-electron chi connectivity index (χ3n) is 3.40. The van der Waals surface area contributed by atoms with Crippen molar-refractivity contribution in [3.63, 3.8) is 0 Å². The average molecular weight is 414 g/mol. The Morgan fingerprint density at radius 2 is 2.00 bits per heavy atom. The summed E-state index contributed by atoms with van der Waals surface area (Å²) in [4.78, 5) is 8.88. The number of nitrogens with one attached hydrogen (secondary N) is 1. The van der Waals surface area contributed by atoms with Gasteiger partial charge in [0.1, 0.15) is 18.9 Å². The number of rotatable bonds is 9. The van der Waals surface area contributed by atoms with Crippen molar-refractivity contribution in [2.24, 2.45) is 0 Å². The third kappa shape index (κ3) is 6.95. The summed E-state index contributed by atoms with van der Waals surface area (Å²) >= 11 is 3.10. The highest BCUT2D eigenvalue weighted by Gasteiger charge is 2.22. The maximum absolute atomic E-state index is 5.43. The number of nitrogens with zero attached hydrogens (tertiary/aromatic N) is 5. The zero-order chi connectivity index (χ0) is 20.4. The molecule has 28 heavy (non-hydrogen) atoms. The molecule has 146 valence electrons. The molecule has 0 aliphatic carbocycles. The number of terminal acetylenes is 2. The van der Waals surface area contributed by atoms with Gasteiger partial charge >= 0.3 is 11.5 Å². The van der Waals surface area contributed by atoms with Crippen LogP contribution in [0, 0.1) is 24.7 Å². The lowest BCUT2D eigenvalue weighted by Crippen LogP contribution is -2.33. The van der Waals surface area contributed by atoms with E-state index in [-0.39, 0.29) is 5.41 Å². The molecule has 2 rings (SSSR count). The predicted molar refractivity (Wildman–Crippen MR) is 115 cm³/mol. The minimum Gasteiger partial charge on any atom is -0.236 e. The number of allylic oxidation sites excluding steroid dienone is 3. The number of aromatic nitrogens is 6. The minimum absolute atomic E-state index is 0.0925. The summed E-state index contributed by atoms with van der Waals surface area (Å²) in [5.74, 6) is 7.52. The lowest BCUT2D eigenvalue weighted by molar-refractivity contribution is -0.744. The second-order valence-electron chi connectivity index (χ2n) is 6.80. The van der Waals surface area contributed by atoms with Crippen molar-refractivity contribution < 1.29 is 4.68 Å².